The highest BCUT2D eigenvalue weighted by molar-refractivity contribution is 7.92. The fourth-order valence-electron chi connectivity index (χ4n) is 1.99. The Morgan fingerprint density at radius 2 is 2.00 bits per heavy atom. The minimum Gasteiger partial charge on any atom is -0.281 e. The van der Waals surface area contributed by atoms with Crippen LogP contribution in [0.15, 0.2) is 36.7 Å². The molecule has 3 rings (SSSR count). The lowest BCUT2D eigenvalue weighted by Gasteiger charge is -2.08. The molecule has 0 aliphatic heterocycles. The molecule has 108 valence electrons. The average Bonchev–Trinajstić information content (AvgIpc) is 2.87. The monoisotopic (exact) mass is 322 g/mol. The largest absolute Gasteiger partial charge is 0.281 e. The number of aromatic amines is 1. The first kappa shape index (κ1) is 13.8. The number of benzene rings is 1. The molecule has 8 heteroatoms. The van der Waals surface area contributed by atoms with E-state index in [1.54, 1.807) is 18.5 Å². The SMILES string of the molecule is CS(=O)(=O)Nc1cc(-c2ccc3cn[nH]c3c2)cnc1Cl. The molecule has 0 saturated carbocycles. The predicted molar refractivity (Wildman–Crippen MR) is 82.8 cm³/mol. The highest BCUT2D eigenvalue weighted by Crippen LogP contribution is 2.28. The van der Waals surface area contributed by atoms with Crippen molar-refractivity contribution >= 4 is 38.2 Å². The zero-order chi connectivity index (χ0) is 15.0. The zero-order valence-corrected chi connectivity index (χ0v) is 12.5. The molecule has 0 fully saturated rings. The van der Waals surface area contributed by atoms with Crippen LogP contribution in [0.2, 0.25) is 5.15 Å². The lowest BCUT2D eigenvalue weighted by Crippen LogP contribution is -2.10. The lowest BCUT2D eigenvalue weighted by molar-refractivity contribution is 0.607. The number of halogens is 1. The molecule has 0 saturated heterocycles. The second kappa shape index (κ2) is 5.01. The molecule has 0 radical (unpaired) electrons. The summed E-state index contributed by atoms with van der Waals surface area (Å²) in [7, 11) is -3.41. The molecule has 0 spiro atoms. The zero-order valence-electron chi connectivity index (χ0n) is 11.0. The maximum atomic E-state index is 11.3. The third-order valence-electron chi connectivity index (χ3n) is 2.91. The highest BCUT2D eigenvalue weighted by atomic mass is 35.5. The molecule has 0 unspecified atom stereocenters. The van der Waals surface area contributed by atoms with E-state index >= 15 is 0 Å². The van der Waals surface area contributed by atoms with Crippen molar-refractivity contribution in [2.75, 3.05) is 11.0 Å². The van der Waals surface area contributed by atoms with E-state index in [0.717, 1.165) is 28.3 Å². The van der Waals surface area contributed by atoms with Crippen LogP contribution in [0.5, 0.6) is 0 Å². The van der Waals surface area contributed by atoms with Crippen LogP contribution in [0.1, 0.15) is 0 Å². The Hall–Kier alpha value is -2.12. The summed E-state index contributed by atoms with van der Waals surface area (Å²) in [4.78, 5) is 4.02. The van der Waals surface area contributed by atoms with Gasteiger partial charge in [0.25, 0.3) is 0 Å². The first-order chi connectivity index (χ1) is 9.92. The number of nitrogens with one attached hydrogen (secondary N) is 2. The van der Waals surface area contributed by atoms with E-state index in [9.17, 15) is 8.42 Å². The maximum absolute atomic E-state index is 11.3. The Bertz CT molecular complexity index is 921. The van der Waals surface area contributed by atoms with Crippen LogP contribution < -0.4 is 4.72 Å². The van der Waals surface area contributed by atoms with Gasteiger partial charge in [-0.1, -0.05) is 23.7 Å². The number of hydrogen-bond donors (Lipinski definition) is 2. The molecule has 6 nitrogen and oxygen atoms in total. The number of fused-ring (bicyclic) bond motifs is 1. The van der Waals surface area contributed by atoms with Crippen molar-refractivity contribution in [2.24, 2.45) is 0 Å². The molecule has 1 aromatic carbocycles. The van der Waals surface area contributed by atoms with Crippen molar-refractivity contribution in [1.82, 2.24) is 15.2 Å². The molecule has 3 aromatic rings. The number of pyridine rings is 1. The Balaban J connectivity index is 2.07. The number of sulfonamides is 1. The number of anilines is 1. The molecule has 0 aliphatic carbocycles. The van der Waals surface area contributed by atoms with Gasteiger partial charge in [0.2, 0.25) is 10.0 Å². The third kappa shape index (κ3) is 2.98. The van der Waals surface area contributed by atoms with Gasteiger partial charge in [-0.2, -0.15) is 5.10 Å². The molecular formula is C13H11ClN4O2S. The summed E-state index contributed by atoms with van der Waals surface area (Å²) in [6.45, 7) is 0. The van der Waals surface area contributed by atoms with Crippen LogP contribution in [0.25, 0.3) is 22.0 Å². The van der Waals surface area contributed by atoms with Crippen molar-refractivity contribution in [3.63, 3.8) is 0 Å². The molecular weight excluding hydrogens is 312 g/mol. The molecule has 0 atom stereocenters. The summed E-state index contributed by atoms with van der Waals surface area (Å²) in [6, 6.07) is 7.39. The molecule has 2 heterocycles. The van der Waals surface area contributed by atoms with E-state index in [4.69, 9.17) is 11.6 Å². The standard InChI is InChI=1S/C13H11ClN4O2S/c1-21(19,20)18-12-5-10(6-15-13(12)14)8-2-3-9-7-16-17-11(9)4-8/h2-7,18H,1H3,(H,16,17). The van der Waals surface area contributed by atoms with Gasteiger partial charge < -0.3 is 0 Å². The predicted octanol–water partition coefficient (Wildman–Crippen LogP) is 2.65. The first-order valence-corrected chi connectivity index (χ1v) is 8.26. The Morgan fingerprint density at radius 1 is 1.19 bits per heavy atom. The van der Waals surface area contributed by atoms with Crippen molar-refractivity contribution in [3.8, 4) is 11.1 Å². The van der Waals surface area contributed by atoms with Crippen LogP contribution >= 0.6 is 11.6 Å². The van der Waals surface area contributed by atoms with Crippen molar-refractivity contribution < 1.29 is 8.42 Å². The Morgan fingerprint density at radius 3 is 2.76 bits per heavy atom. The quantitative estimate of drug-likeness (QED) is 0.726. The summed E-state index contributed by atoms with van der Waals surface area (Å²) in [5, 5.41) is 7.95. The molecule has 0 bridgehead atoms. The first-order valence-electron chi connectivity index (χ1n) is 5.99. The third-order valence-corrected chi connectivity index (χ3v) is 3.80. The van der Waals surface area contributed by atoms with Gasteiger partial charge >= 0.3 is 0 Å². The molecule has 0 amide bonds. The van der Waals surface area contributed by atoms with Crippen LogP contribution in [0.4, 0.5) is 5.69 Å². The second-order valence-corrected chi connectivity index (χ2v) is 6.72. The molecule has 0 aliphatic rings. The number of nitrogens with zero attached hydrogens (tertiary/aromatic N) is 2. The fourth-order valence-corrected chi connectivity index (χ4v) is 2.76. The fraction of sp³-hybridized carbons (Fsp3) is 0.0769. The highest BCUT2D eigenvalue weighted by Gasteiger charge is 2.10. The van der Waals surface area contributed by atoms with E-state index in [2.05, 4.69) is 19.9 Å². The normalized spacial score (nSPS) is 11.7. The second-order valence-electron chi connectivity index (χ2n) is 4.61. The molecule has 2 N–H and O–H groups in total. The summed E-state index contributed by atoms with van der Waals surface area (Å²) in [6.07, 6.45) is 4.38. The summed E-state index contributed by atoms with van der Waals surface area (Å²) >= 11 is 5.91. The summed E-state index contributed by atoms with van der Waals surface area (Å²) in [5.41, 5.74) is 2.77. The van der Waals surface area contributed by atoms with Crippen molar-refractivity contribution in [2.45, 2.75) is 0 Å². The van der Waals surface area contributed by atoms with Crippen LogP contribution in [0, 0.1) is 0 Å². The minimum absolute atomic E-state index is 0.104. The smallest absolute Gasteiger partial charge is 0.229 e. The van der Waals surface area contributed by atoms with Crippen LogP contribution in [0.3, 0.4) is 0 Å². The summed E-state index contributed by atoms with van der Waals surface area (Å²) in [5.74, 6) is 0. The van der Waals surface area contributed by atoms with Gasteiger partial charge in [-0.3, -0.25) is 9.82 Å². The van der Waals surface area contributed by atoms with Gasteiger partial charge in [0.15, 0.2) is 5.15 Å². The van der Waals surface area contributed by atoms with Gasteiger partial charge in [0.1, 0.15) is 0 Å². The Labute approximate surface area is 126 Å². The average molecular weight is 323 g/mol. The van der Waals surface area contributed by atoms with E-state index in [-0.39, 0.29) is 10.8 Å². The number of H-pyrrole nitrogens is 1. The van der Waals surface area contributed by atoms with E-state index < -0.39 is 10.0 Å². The van der Waals surface area contributed by atoms with Crippen molar-refractivity contribution in [1.29, 1.82) is 0 Å². The van der Waals surface area contributed by atoms with Crippen LogP contribution in [-0.2, 0) is 10.0 Å². The Kier molecular flexibility index (Phi) is 3.30. The lowest BCUT2D eigenvalue weighted by atomic mass is 10.1. The maximum Gasteiger partial charge on any atom is 0.229 e. The van der Waals surface area contributed by atoms with E-state index in [1.807, 2.05) is 18.2 Å². The molecule has 2 aromatic heterocycles. The van der Waals surface area contributed by atoms with Gasteiger partial charge in [-0.25, -0.2) is 13.4 Å². The minimum atomic E-state index is -3.41. The van der Waals surface area contributed by atoms with Gasteiger partial charge in [0.05, 0.1) is 23.7 Å². The number of hydrogen-bond acceptors (Lipinski definition) is 4. The van der Waals surface area contributed by atoms with Crippen LogP contribution in [-0.4, -0.2) is 29.9 Å². The van der Waals surface area contributed by atoms with Crippen molar-refractivity contribution in [3.05, 3.63) is 41.8 Å². The van der Waals surface area contributed by atoms with Gasteiger partial charge in [0, 0.05) is 17.1 Å². The van der Waals surface area contributed by atoms with E-state index in [0.29, 0.717) is 0 Å². The van der Waals surface area contributed by atoms with Gasteiger partial charge in [-0.05, 0) is 17.7 Å². The summed E-state index contributed by atoms with van der Waals surface area (Å²) < 4.78 is 25.0. The van der Waals surface area contributed by atoms with Gasteiger partial charge in [-0.15, -0.1) is 0 Å². The number of aromatic nitrogens is 3. The number of rotatable bonds is 3. The molecule has 21 heavy (non-hydrogen) atoms. The van der Waals surface area contributed by atoms with E-state index in [1.165, 1.54) is 0 Å². The topological polar surface area (TPSA) is 87.7 Å².